The highest BCUT2D eigenvalue weighted by Gasteiger charge is 2.34. The van der Waals surface area contributed by atoms with Crippen LogP contribution in [0.15, 0.2) is 36.7 Å². The SMILES string of the molecule is CN(CCO)C(=O)c1cnn(-c2nccc(-c3ccc4c(c3)OCO4)n2)c1C1CC1. The van der Waals surface area contributed by atoms with Crippen LogP contribution in [0.4, 0.5) is 0 Å². The third-order valence-corrected chi connectivity index (χ3v) is 5.28. The summed E-state index contributed by atoms with van der Waals surface area (Å²) in [4.78, 5) is 23.4. The minimum Gasteiger partial charge on any atom is -0.454 e. The largest absolute Gasteiger partial charge is 0.454 e. The molecule has 9 heteroatoms. The number of fused-ring (bicyclic) bond motifs is 1. The average Bonchev–Trinajstić information content (AvgIpc) is 3.33. The summed E-state index contributed by atoms with van der Waals surface area (Å²) in [6, 6.07) is 7.49. The second-order valence-corrected chi connectivity index (χ2v) is 7.39. The van der Waals surface area contributed by atoms with Crippen molar-refractivity contribution in [1.82, 2.24) is 24.6 Å². The van der Waals surface area contributed by atoms with E-state index in [2.05, 4.69) is 10.1 Å². The minimum atomic E-state index is -0.163. The number of hydrogen-bond acceptors (Lipinski definition) is 7. The van der Waals surface area contributed by atoms with Crippen molar-refractivity contribution in [2.45, 2.75) is 18.8 Å². The first-order chi connectivity index (χ1) is 14.7. The highest BCUT2D eigenvalue weighted by Crippen LogP contribution is 2.42. The minimum absolute atomic E-state index is 0.0875. The van der Waals surface area contributed by atoms with Gasteiger partial charge in [0.1, 0.15) is 0 Å². The van der Waals surface area contributed by atoms with Gasteiger partial charge in [-0.1, -0.05) is 0 Å². The van der Waals surface area contributed by atoms with Crippen LogP contribution in [0.2, 0.25) is 0 Å². The number of carbonyl (C=O) groups excluding carboxylic acids is 1. The molecule has 2 aliphatic rings. The molecule has 5 rings (SSSR count). The number of aromatic nitrogens is 4. The van der Waals surface area contributed by atoms with E-state index in [4.69, 9.17) is 19.6 Å². The predicted molar refractivity (Wildman–Crippen MR) is 107 cm³/mol. The van der Waals surface area contributed by atoms with E-state index in [9.17, 15) is 4.79 Å². The van der Waals surface area contributed by atoms with E-state index in [1.807, 2.05) is 24.3 Å². The van der Waals surface area contributed by atoms with Crippen molar-refractivity contribution in [3.8, 4) is 28.7 Å². The average molecular weight is 407 g/mol. The molecule has 9 nitrogen and oxygen atoms in total. The van der Waals surface area contributed by atoms with Gasteiger partial charge in [0.05, 0.1) is 29.8 Å². The molecule has 2 aromatic heterocycles. The lowest BCUT2D eigenvalue weighted by Crippen LogP contribution is -2.30. The van der Waals surface area contributed by atoms with Crippen molar-refractivity contribution in [3.63, 3.8) is 0 Å². The molecule has 0 radical (unpaired) electrons. The highest BCUT2D eigenvalue weighted by atomic mass is 16.7. The second kappa shape index (κ2) is 7.42. The van der Waals surface area contributed by atoms with Crippen LogP contribution in [0, 0.1) is 0 Å². The number of rotatable bonds is 6. The zero-order valence-corrected chi connectivity index (χ0v) is 16.5. The third kappa shape index (κ3) is 3.26. The van der Waals surface area contributed by atoms with Crippen molar-refractivity contribution in [2.75, 3.05) is 27.0 Å². The lowest BCUT2D eigenvalue weighted by molar-refractivity contribution is 0.0765. The zero-order chi connectivity index (χ0) is 20.7. The van der Waals surface area contributed by atoms with Crippen LogP contribution in [-0.2, 0) is 0 Å². The number of aliphatic hydroxyl groups excluding tert-OH is 1. The maximum Gasteiger partial charge on any atom is 0.257 e. The van der Waals surface area contributed by atoms with E-state index in [-0.39, 0.29) is 31.8 Å². The summed E-state index contributed by atoms with van der Waals surface area (Å²) in [6.07, 6.45) is 5.25. The Bertz CT molecular complexity index is 1110. The van der Waals surface area contributed by atoms with Gasteiger partial charge in [0, 0.05) is 31.3 Å². The lowest BCUT2D eigenvalue weighted by atomic mass is 10.1. The molecule has 1 amide bonds. The first-order valence-corrected chi connectivity index (χ1v) is 9.83. The number of carbonyl (C=O) groups is 1. The van der Waals surface area contributed by atoms with Crippen LogP contribution >= 0.6 is 0 Å². The quantitative estimate of drug-likeness (QED) is 0.667. The molecule has 1 saturated carbocycles. The van der Waals surface area contributed by atoms with Gasteiger partial charge < -0.3 is 19.5 Å². The highest BCUT2D eigenvalue weighted by molar-refractivity contribution is 5.95. The van der Waals surface area contributed by atoms with Gasteiger partial charge in [0.2, 0.25) is 6.79 Å². The fraction of sp³-hybridized carbons (Fsp3) is 0.333. The first-order valence-electron chi connectivity index (χ1n) is 9.83. The molecule has 1 aliphatic carbocycles. The smallest absolute Gasteiger partial charge is 0.257 e. The molecule has 0 spiro atoms. The Morgan fingerprint density at radius 3 is 2.90 bits per heavy atom. The van der Waals surface area contributed by atoms with Gasteiger partial charge in [-0.05, 0) is 37.1 Å². The molecule has 0 atom stereocenters. The van der Waals surface area contributed by atoms with Gasteiger partial charge in [-0.25, -0.2) is 14.6 Å². The van der Waals surface area contributed by atoms with E-state index in [0.717, 1.165) is 29.8 Å². The van der Waals surface area contributed by atoms with Crippen molar-refractivity contribution < 1.29 is 19.4 Å². The van der Waals surface area contributed by atoms with Crippen LogP contribution in [-0.4, -0.2) is 62.7 Å². The summed E-state index contributed by atoms with van der Waals surface area (Å²) in [6.45, 7) is 0.396. The van der Waals surface area contributed by atoms with Crippen LogP contribution in [0.3, 0.4) is 0 Å². The van der Waals surface area contributed by atoms with Crippen LogP contribution < -0.4 is 9.47 Å². The number of amides is 1. The van der Waals surface area contributed by atoms with Crippen molar-refractivity contribution in [2.24, 2.45) is 0 Å². The molecule has 1 N–H and O–H groups in total. The fourth-order valence-corrected chi connectivity index (χ4v) is 3.56. The van der Waals surface area contributed by atoms with Crippen LogP contribution in [0.1, 0.15) is 34.8 Å². The van der Waals surface area contributed by atoms with Gasteiger partial charge in [-0.15, -0.1) is 0 Å². The molecule has 0 saturated heterocycles. The first kappa shape index (κ1) is 18.6. The molecule has 3 heterocycles. The van der Waals surface area contributed by atoms with Gasteiger partial charge >= 0.3 is 0 Å². The molecule has 1 aliphatic heterocycles. The Morgan fingerprint density at radius 2 is 2.10 bits per heavy atom. The van der Waals surface area contributed by atoms with Gasteiger partial charge in [0.25, 0.3) is 11.9 Å². The number of hydrogen-bond donors (Lipinski definition) is 1. The predicted octanol–water partition coefficient (Wildman–Crippen LogP) is 2.00. The molecular weight excluding hydrogens is 386 g/mol. The normalized spacial score (nSPS) is 14.7. The van der Waals surface area contributed by atoms with E-state index < -0.39 is 0 Å². The number of nitrogens with zero attached hydrogens (tertiary/aromatic N) is 5. The maximum atomic E-state index is 12.8. The summed E-state index contributed by atoms with van der Waals surface area (Å²) in [5.41, 5.74) is 2.96. The summed E-state index contributed by atoms with van der Waals surface area (Å²) < 4.78 is 12.5. The molecule has 30 heavy (non-hydrogen) atoms. The van der Waals surface area contributed by atoms with Crippen LogP contribution in [0.25, 0.3) is 17.2 Å². The van der Waals surface area contributed by atoms with Gasteiger partial charge in [0.15, 0.2) is 11.5 Å². The van der Waals surface area contributed by atoms with E-state index in [1.165, 1.54) is 4.90 Å². The summed E-state index contributed by atoms with van der Waals surface area (Å²) >= 11 is 0. The monoisotopic (exact) mass is 407 g/mol. The number of likely N-dealkylation sites (N-methyl/N-ethyl adjacent to an activating group) is 1. The van der Waals surface area contributed by atoms with E-state index in [1.54, 1.807) is 24.1 Å². The second-order valence-electron chi connectivity index (χ2n) is 7.39. The fourth-order valence-electron chi connectivity index (χ4n) is 3.56. The van der Waals surface area contributed by atoms with E-state index in [0.29, 0.717) is 23.0 Å². The Morgan fingerprint density at radius 1 is 1.27 bits per heavy atom. The molecule has 1 aromatic carbocycles. The molecule has 0 bridgehead atoms. The Kier molecular flexibility index (Phi) is 4.59. The number of benzene rings is 1. The lowest BCUT2D eigenvalue weighted by Gasteiger charge is -2.16. The zero-order valence-electron chi connectivity index (χ0n) is 16.5. The van der Waals surface area contributed by atoms with Crippen molar-refractivity contribution >= 4 is 5.91 Å². The molecule has 154 valence electrons. The summed E-state index contributed by atoms with van der Waals surface area (Å²) in [5, 5.41) is 13.6. The number of ether oxygens (including phenoxy) is 2. The van der Waals surface area contributed by atoms with Crippen molar-refractivity contribution in [1.29, 1.82) is 0 Å². The van der Waals surface area contributed by atoms with Gasteiger partial charge in [-0.3, -0.25) is 4.79 Å². The molecule has 1 fully saturated rings. The Hall–Kier alpha value is -3.46. The summed E-state index contributed by atoms with van der Waals surface area (Å²) in [5.74, 6) is 1.91. The van der Waals surface area contributed by atoms with Crippen LogP contribution in [0.5, 0.6) is 11.5 Å². The topological polar surface area (TPSA) is 103 Å². The molecular formula is C21H21N5O4. The summed E-state index contributed by atoms with van der Waals surface area (Å²) in [7, 11) is 1.67. The Labute approximate surface area is 172 Å². The van der Waals surface area contributed by atoms with E-state index >= 15 is 0 Å². The molecule has 3 aromatic rings. The number of aliphatic hydroxyl groups is 1. The van der Waals surface area contributed by atoms with Gasteiger partial charge in [-0.2, -0.15) is 5.10 Å². The Balaban J connectivity index is 1.52. The third-order valence-electron chi connectivity index (χ3n) is 5.28. The van der Waals surface area contributed by atoms with Crippen molar-refractivity contribution in [3.05, 3.63) is 47.9 Å². The molecule has 0 unspecified atom stereocenters. The standard InChI is InChI=1S/C21H21N5O4/c1-25(8-9-27)20(28)15-11-23-26(19(15)13-2-3-13)21-22-7-6-16(24-21)14-4-5-17-18(10-14)30-12-29-17/h4-7,10-11,13,27H,2-3,8-9,12H2,1H3. The maximum absolute atomic E-state index is 12.8.